The minimum absolute atomic E-state index is 0.0108. The summed E-state index contributed by atoms with van der Waals surface area (Å²) in [5.41, 5.74) is 5.45. The number of benzene rings is 1. The van der Waals surface area contributed by atoms with Gasteiger partial charge in [-0.15, -0.1) is 0 Å². The van der Waals surface area contributed by atoms with Crippen LogP contribution in [0.2, 0.25) is 0 Å². The lowest BCUT2D eigenvalue weighted by molar-refractivity contribution is -0.136. The first-order valence-electron chi connectivity index (χ1n) is 6.73. The minimum Gasteiger partial charge on any atom is -0.481 e. The van der Waals surface area contributed by atoms with Gasteiger partial charge in [0.1, 0.15) is 5.76 Å². The Morgan fingerprint density at radius 2 is 2.10 bits per heavy atom. The molecular formula is C16H16N2O3. The van der Waals surface area contributed by atoms with Crippen LogP contribution in [0.4, 0.5) is 0 Å². The van der Waals surface area contributed by atoms with Crippen molar-refractivity contribution < 1.29 is 14.4 Å². The van der Waals surface area contributed by atoms with Crippen LogP contribution in [0.5, 0.6) is 0 Å². The fourth-order valence-electron chi connectivity index (χ4n) is 2.81. The van der Waals surface area contributed by atoms with Gasteiger partial charge in [0.25, 0.3) is 0 Å². The Balaban J connectivity index is 2.21. The topological polar surface area (TPSA) is 79.1 Å². The molecule has 0 unspecified atom stereocenters. The van der Waals surface area contributed by atoms with Crippen molar-refractivity contribution in [1.82, 2.24) is 10.1 Å². The summed E-state index contributed by atoms with van der Waals surface area (Å²) in [6, 6.07) is 5.97. The number of fused-ring (bicyclic) bond motifs is 1. The second-order valence-electron chi connectivity index (χ2n) is 5.26. The molecule has 108 valence electrons. The average molecular weight is 284 g/mol. The zero-order chi connectivity index (χ0) is 15.1. The number of aryl methyl sites for hydroxylation is 3. The summed E-state index contributed by atoms with van der Waals surface area (Å²) in [5, 5.41) is 14.0. The molecule has 21 heavy (non-hydrogen) atoms. The van der Waals surface area contributed by atoms with Gasteiger partial charge in [0, 0.05) is 22.2 Å². The highest BCUT2D eigenvalue weighted by atomic mass is 16.5. The van der Waals surface area contributed by atoms with Gasteiger partial charge in [-0.3, -0.25) is 4.79 Å². The molecule has 0 fully saturated rings. The largest absolute Gasteiger partial charge is 0.481 e. The molecule has 0 atom stereocenters. The summed E-state index contributed by atoms with van der Waals surface area (Å²) in [4.78, 5) is 14.3. The Bertz CT molecular complexity index is 823. The van der Waals surface area contributed by atoms with Gasteiger partial charge in [-0.2, -0.15) is 0 Å². The number of aromatic nitrogens is 2. The van der Waals surface area contributed by atoms with Crippen LogP contribution in [0.15, 0.2) is 22.7 Å². The van der Waals surface area contributed by atoms with E-state index in [0.717, 1.165) is 44.7 Å². The van der Waals surface area contributed by atoms with Crippen molar-refractivity contribution in [2.75, 3.05) is 0 Å². The van der Waals surface area contributed by atoms with E-state index < -0.39 is 5.97 Å². The van der Waals surface area contributed by atoms with E-state index in [2.05, 4.69) is 10.1 Å². The van der Waals surface area contributed by atoms with E-state index in [1.165, 1.54) is 0 Å². The van der Waals surface area contributed by atoms with Crippen molar-refractivity contribution in [3.05, 3.63) is 40.9 Å². The van der Waals surface area contributed by atoms with Crippen molar-refractivity contribution >= 4 is 16.9 Å². The number of carboxylic acids is 1. The molecule has 5 heteroatoms. The molecule has 1 aromatic carbocycles. The fourth-order valence-corrected chi connectivity index (χ4v) is 2.81. The number of nitrogens with one attached hydrogen (secondary N) is 1. The second-order valence-corrected chi connectivity index (χ2v) is 5.26. The van der Waals surface area contributed by atoms with Gasteiger partial charge in [-0.25, -0.2) is 0 Å². The number of hydrogen-bond donors (Lipinski definition) is 2. The summed E-state index contributed by atoms with van der Waals surface area (Å²) in [7, 11) is 0. The highest BCUT2D eigenvalue weighted by Gasteiger charge is 2.15. The molecule has 0 aliphatic rings. The molecule has 0 saturated heterocycles. The standard InChI is InChI=1S/C16H16N2O3/c1-8-12(7-15(19)20)13-6-11(4-5-14(13)17-8)16-9(2)18-21-10(16)3/h4-6,17H,7H2,1-3H3,(H,19,20). The van der Waals surface area contributed by atoms with Crippen molar-refractivity contribution in [3.63, 3.8) is 0 Å². The van der Waals surface area contributed by atoms with E-state index >= 15 is 0 Å². The van der Waals surface area contributed by atoms with Crippen molar-refractivity contribution in [2.24, 2.45) is 0 Å². The number of aromatic amines is 1. The van der Waals surface area contributed by atoms with Gasteiger partial charge >= 0.3 is 5.97 Å². The van der Waals surface area contributed by atoms with Gasteiger partial charge in [0.2, 0.25) is 0 Å². The Kier molecular flexibility index (Phi) is 3.05. The molecule has 3 rings (SSSR count). The number of hydrogen-bond acceptors (Lipinski definition) is 3. The summed E-state index contributed by atoms with van der Waals surface area (Å²) >= 11 is 0. The molecule has 3 aromatic rings. The van der Waals surface area contributed by atoms with Crippen LogP contribution in [0.3, 0.4) is 0 Å². The van der Waals surface area contributed by atoms with Crippen molar-refractivity contribution in [2.45, 2.75) is 27.2 Å². The Labute approximate surface area is 121 Å². The van der Waals surface area contributed by atoms with Gasteiger partial charge in [-0.1, -0.05) is 11.2 Å². The van der Waals surface area contributed by atoms with E-state index in [0.29, 0.717) is 0 Å². The van der Waals surface area contributed by atoms with Gasteiger partial charge < -0.3 is 14.6 Å². The first-order chi connectivity index (χ1) is 9.97. The summed E-state index contributed by atoms with van der Waals surface area (Å²) in [5.74, 6) is -0.0689. The highest BCUT2D eigenvalue weighted by molar-refractivity contribution is 5.92. The lowest BCUT2D eigenvalue weighted by Crippen LogP contribution is -2.00. The number of rotatable bonds is 3. The molecule has 0 aliphatic carbocycles. The fraction of sp³-hybridized carbons (Fsp3) is 0.250. The summed E-state index contributed by atoms with van der Waals surface area (Å²) in [6.45, 7) is 5.67. The number of carbonyl (C=O) groups is 1. The maximum absolute atomic E-state index is 11.0. The van der Waals surface area contributed by atoms with E-state index in [-0.39, 0.29) is 6.42 Å². The third-order valence-corrected chi connectivity index (χ3v) is 3.77. The lowest BCUT2D eigenvalue weighted by atomic mass is 10.00. The van der Waals surface area contributed by atoms with Crippen LogP contribution in [-0.4, -0.2) is 21.2 Å². The third-order valence-electron chi connectivity index (χ3n) is 3.77. The molecule has 0 aliphatic heterocycles. The first-order valence-corrected chi connectivity index (χ1v) is 6.73. The zero-order valence-corrected chi connectivity index (χ0v) is 12.2. The molecule has 2 heterocycles. The molecule has 0 amide bonds. The SMILES string of the molecule is Cc1noc(C)c1-c1ccc2[nH]c(C)c(CC(=O)O)c2c1. The van der Waals surface area contributed by atoms with E-state index in [9.17, 15) is 4.79 Å². The van der Waals surface area contributed by atoms with E-state index in [4.69, 9.17) is 9.63 Å². The molecule has 5 nitrogen and oxygen atoms in total. The summed E-state index contributed by atoms with van der Waals surface area (Å²) < 4.78 is 5.21. The monoisotopic (exact) mass is 284 g/mol. The highest BCUT2D eigenvalue weighted by Crippen LogP contribution is 2.31. The van der Waals surface area contributed by atoms with E-state index in [1.54, 1.807) is 0 Å². The molecule has 2 N–H and O–H groups in total. The van der Waals surface area contributed by atoms with Crippen molar-refractivity contribution in [1.29, 1.82) is 0 Å². The average Bonchev–Trinajstić information content (AvgIpc) is 2.90. The van der Waals surface area contributed by atoms with Crippen LogP contribution < -0.4 is 0 Å². The minimum atomic E-state index is -0.832. The lowest BCUT2D eigenvalue weighted by Gasteiger charge is -2.02. The molecule has 0 bridgehead atoms. The smallest absolute Gasteiger partial charge is 0.307 e. The predicted molar refractivity (Wildman–Crippen MR) is 79.3 cm³/mol. The Hall–Kier alpha value is -2.56. The molecule has 2 aromatic heterocycles. The Morgan fingerprint density at radius 3 is 2.71 bits per heavy atom. The third kappa shape index (κ3) is 2.20. The van der Waals surface area contributed by atoms with E-state index in [1.807, 2.05) is 39.0 Å². The first kappa shape index (κ1) is 13.4. The van der Waals surface area contributed by atoms with Crippen molar-refractivity contribution in [3.8, 4) is 11.1 Å². The molecule has 0 spiro atoms. The maximum Gasteiger partial charge on any atom is 0.307 e. The van der Waals surface area contributed by atoms with Gasteiger partial charge in [-0.05, 0) is 44.0 Å². The molecule has 0 radical (unpaired) electrons. The maximum atomic E-state index is 11.0. The van der Waals surface area contributed by atoms with Crippen LogP contribution >= 0.6 is 0 Å². The number of nitrogens with zero attached hydrogens (tertiary/aromatic N) is 1. The second kappa shape index (κ2) is 4.77. The van der Waals surface area contributed by atoms with Crippen LogP contribution in [0.25, 0.3) is 22.0 Å². The Morgan fingerprint density at radius 1 is 1.33 bits per heavy atom. The normalized spacial score (nSPS) is 11.2. The van der Waals surface area contributed by atoms with Crippen LogP contribution in [0, 0.1) is 20.8 Å². The number of aliphatic carboxylic acids is 1. The zero-order valence-electron chi connectivity index (χ0n) is 12.2. The number of carboxylic acid groups (broad SMARTS) is 1. The van der Waals surface area contributed by atoms with Gasteiger partial charge in [0.05, 0.1) is 12.1 Å². The number of H-pyrrole nitrogens is 1. The molecular weight excluding hydrogens is 268 g/mol. The predicted octanol–water partition coefficient (Wildman–Crippen LogP) is 3.38. The van der Waals surface area contributed by atoms with Gasteiger partial charge in [0.15, 0.2) is 0 Å². The van der Waals surface area contributed by atoms with Crippen LogP contribution in [-0.2, 0) is 11.2 Å². The molecule has 0 saturated carbocycles. The van der Waals surface area contributed by atoms with Crippen LogP contribution in [0.1, 0.15) is 22.7 Å². The quantitative estimate of drug-likeness (QED) is 0.772. The summed E-state index contributed by atoms with van der Waals surface area (Å²) in [6.07, 6.45) is 0.0108.